The number of nitrogens with one attached hydrogen (secondary N) is 1. The number of rotatable bonds is 4. The summed E-state index contributed by atoms with van der Waals surface area (Å²) in [6.45, 7) is 7.23. The predicted octanol–water partition coefficient (Wildman–Crippen LogP) is 3.17. The van der Waals surface area contributed by atoms with Crippen molar-refractivity contribution in [1.29, 1.82) is 0 Å². The maximum Gasteiger partial charge on any atom is -0.00488 e. The minimum absolute atomic E-state index is 1.11. The van der Waals surface area contributed by atoms with E-state index in [1.165, 1.54) is 24.0 Å². The van der Waals surface area contributed by atoms with Gasteiger partial charge in [-0.05, 0) is 38.9 Å². The Labute approximate surface area is 88.5 Å². The van der Waals surface area contributed by atoms with Crippen LogP contribution in [0.15, 0.2) is 24.3 Å². The summed E-state index contributed by atoms with van der Waals surface area (Å²) in [4.78, 5) is 0. The highest BCUT2D eigenvalue weighted by Crippen LogP contribution is 2.04. The molecule has 1 nitrogen and oxygen atoms in total. The first kappa shape index (κ1) is 13.2. The standard InChI is InChI=1S/C11H17N.C2H6/c1-10-5-7-11(8-6-10)4-3-9-12-2;1-2/h5-8,12H,3-4,9H2,1-2H3;1-2H3. The Hall–Kier alpha value is -0.820. The average molecular weight is 193 g/mol. The highest BCUT2D eigenvalue weighted by molar-refractivity contribution is 5.21. The highest BCUT2D eigenvalue weighted by Gasteiger charge is 1.91. The van der Waals surface area contributed by atoms with Crippen LogP contribution in [-0.4, -0.2) is 13.6 Å². The van der Waals surface area contributed by atoms with E-state index in [0.717, 1.165) is 6.54 Å². The van der Waals surface area contributed by atoms with Gasteiger partial charge in [0.1, 0.15) is 0 Å². The maximum absolute atomic E-state index is 3.15. The van der Waals surface area contributed by atoms with E-state index in [4.69, 9.17) is 0 Å². The molecule has 1 aromatic rings. The number of hydrogen-bond acceptors (Lipinski definition) is 1. The van der Waals surface area contributed by atoms with Crippen molar-refractivity contribution in [2.24, 2.45) is 0 Å². The molecule has 80 valence electrons. The van der Waals surface area contributed by atoms with Crippen LogP contribution >= 0.6 is 0 Å². The maximum atomic E-state index is 3.15. The minimum atomic E-state index is 1.11. The zero-order chi connectivity index (χ0) is 10.8. The first-order chi connectivity index (χ1) is 6.83. The molecular formula is C13H23N. The van der Waals surface area contributed by atoms with Crippen molar-refractivity contribution in [3.8, 4) is 0 Å². The summed E-state index contributed by atoms with van der Waals surface area (Å²) in [5, 5.41) is 3.15. The molecule has 0 aliphatic carbocycles. The summed E-state index contributed by atoms with van der Waals surface area (Å²) in [7, 11) is 2.00. The predicted molar refractivity (Wildman–Crippen MR) is 64.8 cm³/mol. The van der Waals surface area contributed by atoms with Crippen LogP contribution in [0.5, 0.6) is 0 Å². The third-order valence-corrected chi connectivity index (χ3v) is 2.01. The third kappa shape index (κ3) is 5.76. The molecule has 0 bridgehead atoms. The van der Waals surface area contributed by atoms with E-state index in [1.54, 1.807) is 0 Å². The Kier molecular flexibility index (Phi) is 8.25. The van der Waals surface area contributed by atoms with Gasteiger partial charge in [-0.15, -0.1) is 0 Å². The van der Waals surface area contributed by atoms with Crippen molar-refractivity contribution in [2.45, 2.75) is 33.6 Å². The van der Waals surface area contributed by atoms with E-state index in [2.05, 4.69) is 36.5 Å². The molecule has 1 heteroatoms. The SMILES string of the molecule is CC.CNCCCc1ccc(C)cc1. The monoisotopic (exact) mass is 193 g/mol. The Bertz CT molecular complexity index is 213. The first-order valence-corrected chi connectivity index (χ1v) is 5.53. The van der Waals surface area contributed by atoms with Gasteiger partial charge in [0.05, 0.1) is 0 Å². The minimum Gasteiger partial charge on any atom is -0.320 e. The molecule has 0 spiro atoms. The van der Waals surface area contributed by atoms with Gasteiger partial charge in [0.2, 0.25) is 0 Å². The summed E-state index contributed by atoms with van der Waals surface area (Å²) in [5.74, 6) is 0. The second-order valence-electron chi connectivity index (χ2n) is 3.19. The molecule has 1 aromatic carbocycles. The lowest BCUT2D eigenvalue weighted by Crippen LogP contribution is -2.08. The van der Waals surface area contributed by atoms with Gasteiger partial charge < -0.3 is 5.32 Å². The molecule has 14 heavy (non-hydrogen) atoms. The van der Waals surface area contributed by atoms with Crippen LogP contribution in [0.4, 0.5) is 0 Å². The summed E-state index contributed by atoms with van der Waals surface area (Å²) in [5.41, 5.74) is 2.78. The molecule has 0 saturated heterocycles. The van der Waals surface area contributed by atoms with E-state index < -0.39 is 0 Å². The van der Waals surface area contributed by atoms with Gasteiger partial charge in [-0.25, -0.2) is 0 Å². The molecular weight excluding hydrogens is 170 g/mol. The average Bonchev–Trinajstić information content (AvgIpc) is 2.24. The van der Waals surface area contributed by atoms with Crippen LogP contribution < -0.4 is 5.32 Å². The molecule has 0 aromatic heterocycles. The summed E-state index contributed by atoms with van der Waals surface area (Å²) in [6.07, 6.45) is 2.40. The first-order valence-electron chi connectivity index (χ1n) is 5.53. The molecule has 0 saturated carbocycles. The van der Waals surface area contributed by atoms with Gasteiger partial charge in [0.15, 0.2) is 0 Å². The Balaban J connectivity index is 0.000000791. The third-order valence-electron chi connectivity index (χ3n) is 2.01. The van der Waals surface area contributed by atoms with Gasteiger partial charge in [-0.1, -0.05) is 43.7 Å². The lowest BCUT2D eigenvalue weighted by molar-refractivity contribution is 0.724. The fourth-order valence-electron chi connectivity index (χ4n) is 1.22. The topological polar surface area (TPSA) is 12.0 Å². The quantitative estimate of drug-likeness (QED) is 0.724. The normalized spacial score (nSPS) is 9.14. The van der Waals surface area contributed by atoms with Crippen molar-refractivity contribution in [3.05, 3.63) is 35.4 Å². The van der Waals surface area contributed by atoms with Crippen LogP contribution in [0.2, 0.25) is 0 Å². The van der Waals surface area contributed by atoms with Crippen LogP contribution in [0.3, 0.4) is 0 Å². The fraction of sp³-hybridized carbons (Fsp3) is 0.538. The van der Waals surface area contributed by atoms with E-state index in [0.29, 0.717) is 0 Å². The molecule has 0 atom stereocenters. The van der Waals surface area contributed by atoms with E-state index >= 15 is 0 Å². The molecule has 1 rings (SSSR count). The fourth-order valence-corrected chi connectivity index (χ4v) is 1.22. The molecule has 1 N–H and O–H groups in total. The van der Waals surface area contributed by atoms with Gasteiger partial charge in [-0.3, -0.25) is 0 Å². The molecule has 0 heterocycles. The second-order valence-corrected chi connectivity index (χ2v) is 3.19. The van der Waals surface area contributed by atoms with Crippen LogP contribution in [0.1, 0.15) is 31.4 Å². The molecule has 0 radical (unpaired) electrons. The highest BCUT2D eigenvalue weighted by atomic mass is 14.8. The van der Waals surface area contributed by atoms with Crippen LogP contribution in [-0.2, 0) is 6.42 Å². The number of hydrogen-bond donors (Lipinski definition) is 1. The number of aryl methyl sites for hydroxylation is 2. The van der Waals surface area contributed by atoms with Crippen molar-refractivity contribution in [1.82, 2.24) is 5.32 Å². The van der Waals surface area contributed by atoms with Crippen molar-refractivity contribution >= 4 is 0 Å². The zero-order valence-electron chi connectivity index (χ0n) is 9.93. The summed E-state index contributed by atoms with van der Waals surface area (Å²) >= 11 is 0. The van der Waals surface area contributed by atoms with Crippen molar-refractivity contribution in [2.75, 3.05) is 13.6 Å². The van der Waals surface area contributed by atoms with Gasteiger partial charge in [0, 0.05) is 0 Å². The molecule has 0 aliphatic heterocycles. The van der Waals surface area contributed by atoms with Crippen LogP contribution in [0.25, 0.3) is 0 Å². The second kappa shape index (κ2) is 8.76. The van der Waals surface area contributed by atoms with Gasteiger partial charge in [0.25, 0.3) is 0 Å². The van der Waals surface area contributed by atoms with Gasteiger partial charge >= 0.3 is 0 Å². The Morgan fingerprint density at radius 2 is 1.64 bits per heavy atom. The van der Waals surface area contributed by atoms with E-state index in [1.807, 2.05) is 20.9 Å². The molecule has 0 fully saturated rings. The largest absolute Gasteiger partial charge is 0.320 e. The summed E-state index contributed by atoms with van der Waals surface area (Å²) < 4.78 is 0. The summed E-state index contributed by atoms with van der Waals surface area (Å²) in [6, 6.07) is 8.78. The van der Waals surface area contributed by atoms with Gasteiger partial charge in [-0.2, -0.15) is 0 Å². The lowest BCUT2D eigenvalue weighted by Gasteiger charge is -2.01. The molecule has 0 unspecified atom stereocenters. The lowest BCUT2D eigenvalue weighted by atomic mass is 10.1. The smallest absolute Gasteiger partial charge is 0.00488 e. The zero-order valence-corrected chi connectivity index (χ0v) is 9.93. The Morgan fingerprint density at radius 1 is 1.07 bits per heavy atom. The van der Waals surface area contributed by atoms with E-state index in [-0.39, 0.29) is 0 Å². The van der Waals surface area contributed by atoms with E-state index in [9.17, 15) is 0 Å². The molecule has 0 aliphatic rings. The molecule has 0 amide bonds. The Morgan fingerprint density at radius 3 is 2.14 bits per heavy atom. The van der Waals surface area contributed by atoms with Crippen LogP contribution in [0, 0.1) is 6.92 Å². The number of benzene rings is 1. The van der Waals surface area contributed by atoms with Crippen molar-refractivity contribution < 1.29 is 0 Å². The van der Waals surface area contributed by atoms with Crippen molar-refractivity contribution in [3.63, 3.8) is 0 Å².